The van der Waals surface area contributed by atoms with Crippen LogP contribution in [0.15, 0.2) is 77.7 Å². The van der Waals surface area contributed by atoms with Gasteiger partial charge in [-0.2, -0.15) is 4.31 Å². The maximum atomic E-state index is 13.7. The number of benzene rings is 3. The predicted octanol–water partition coefficient (Wildman–Crippen LogP) is 5.93. The molecule has 0 saturated heterocycles. The molecule has 4 rings (SSSR count). The Labute approximate surface area is 222 Å². The van der Waals surface area contributed by atoms with Crippen LogP contribution in [0.4, 0.5) is 0 Å². The number of sulfonamides is 1. The van der Waals surface area contributed by atoms with Crippen molar-refractivity contribution in [3.63, 3.8) is 0 Å². The van der Waals surface area contributed by atoms with Crippen LogP contribution in [-0.2, 0) is 27.9 Å². The zero-order chi connectivity index (χ0) is 26.4. The van der Waals surface area contributed by atoms with Gasteiger partial charge < -0.3 is 5.32 Å². The Balaban J connectivity index is 1.42. The minimum atomic E-state index is -3.65. The van der Waals surface area contributed by atoms with Crippen LogP contribution < -0.4 is 5.32 Å². The number of hydrogen-bond donors (Lipinski definition) is 1. The average molecular weight is 519 g/mol. The van der Waals surface area contributed by atoms with Gasteiger partial charge in [-0.3, -0.25) is 4.79 Å². The molecule has 0 aliphatic heterocycles. The minimum absolute atomic E-state index is 0.0144. The summed E-state index contributed by atoms with van der Waals surface area (Å²) in [4.78, 5) is 13.1. The summed E-state index contributed by atoms with van der Waals surface area (Å²) in [7, 11) is -3.65. The summed E-state index contributed by atoms with van der Waals surface area (Å²) in [5, 5.41) is 3.09. The second kappa shape index (κ2) is 12.1. The number of nitrogens with zero attached hydrogens (tertiary/aromatic N) is 1. The highest BCUT2D eigenvalue weighted by molar-refractivity contribution is 7.89. The highest BCUT2D eigenvalue weighted by Crippen LogP contribution is 2.32. The highest BCUT2D eigenvalue weighted by atomic mass is 32.2. The van der Waals surface area contributed by atoms with Crippen molar-refractivity contribution in [2.75, 3.05) is 6.54 Å². The van der Waals surface area contributed by atoms with E-state index in [4.69, 9.17) is 0 Å². The molecule has 0 radical (unpaired) electrons. The molecule has 3 aromatic rings. The molecule has 0 unspecified atom stereocenters. The fourth-order valence-electron chi connectivity index (χ4n) is 5.20. The number of aryl methyl sites for hydroxylation is 3. The van der Waals surface area contributed by atoms with E-state index in [9.17, 15) is 13.2 Å². The third-order valence-corrected chi connectivity index (χ3v) is 9.45. The van der Waals surface area contributed by atoms with Gasteiger partial charge in [0.05, 0.1) is 4.90 Å². The summed E-state index contributed by atoms with van der Waals surface area (Å²) in [6.45, 7) is 7.48. The van der Waals surface area contributed by atoms with Gasteiger partial charge in [-0.05, 0) is 86.8 Å². The summed E-state index contributed by atoms with van der Waals surface area (Å²) in [6.07, 6.45) is 3.26. The fraction of sp³-hybridized carbons (Fsp3) is 0.387. The molecular formula is C31H38N2O3S. The van der Waals surface area contributed by atoms with Crippen LogP contribution in [0.3, 0.4) is 0 Å². The van der Waals surface area contributed by atoms with E-state index in [1.807, 2.05) is 50.2 Å². The number of carbonyl (C=O) groups excluding carboxylic acids is 1. The molecule has 5 nitrogen and oxygen atoms in total. The van der Waals surface area contributed by atoms with Crippen molar-refractivity contribution in [2.24, 2.45) is 11.8 Å². The number of amides is 1. The summed E-state index contributed by atoms with van der Waals surface area (Å²) in [5.41, 5.74) is 5.56. The first kappa shape index (κ1) is 27.1. The van der Waals surface area contributed by atoms with E-state index >= 15 is 0 Å². The van der Waals surface area contributed by atoms with E-state index < -0.39 is 10.0 Å². The van der Waals surface area contributed by atoms with Crippen LogP contribution in [0.5, 0.6) is 0 Å². The van der Waals surface area contributed by atoms with Gasteiger partial charge in [-0.1, -0.05) is 66.2 Å². The Morgan fingerprint density at radius 1 is 0.838 bits per heavy atom. The van der Waals surface area contributed by atoms with Crippen LogP contribution in [0.25, 0.3) is 0 Å². The molecule has 0 heterocycles. The summed E-state index contributed by atoms with van der Waals surface area (Å²) < 4.78 is 29.1. The van der Waals surface area contributed by atoms with Crippen LogP contribution in [-0.4, -0.2) is 25.2 Å². The molecule has 3 aromatic carbocycles. The molecule has 37 heavy (non-hydrogen) atoms. The second-order valence-corrected chi connectivity index (χ2v) is 12.3. The van der Waals surface area contributed by atoms with E-state index in [0.29, 0.717) is 24.5 Å². The zero-order valence-corrected chi connectivity index (χ0v) is 22.9. The largest absolute Gasteiger partial charge is 0.352 e. The lowest BCUT2D eigenvalue weighted by Crippen LogP contribution is -2.38. The SMILES string of the molecule is Cc1ccc(CNC(=O)C2CCC(CN(Cc3c(C)cccc3C)S(=O)(=O)c3ccccc3)CC2)cc1. The summed E-state index contributed by atoms with van der Waals surface area (Å²) in [5.74, 6) is 0.312. The number of carbonyl (C=O) groups is 1. The van der Waals surface area contributed by atoms with Gasteiger partial charge >= 0.3 is 0 Å². The number of nitrogens with one attached hydrogen (secondary N) is 1. The molecule has 1 fully saturated rings. The normalized spacial score (nSPS) is 18.1. The van der Waals surface area contributed by atoms with Crippen LogP contribution >= 0.6 is 0 Å². The van der Waals surface area contributed by atoms with Crippen molar-refractivity contribution in [3.05, 3.63) is 101 Å². The Bertz CT molecular complexity index is 1280. The minimum Gasteiger partial charge on any atom is -0.352 e. The first-order valence-electron chi connectivity index (χ1n) is 13.2. The molecule has 1 N–H and O–H groups in total. The van der Waals surface area contributed by atoms with Crippen molar-refractivity contribution >= 4 is 15.9 Å². The third-order valence-electron chi connectivity index (χ3n) is 7.63. The van der Waals surface area contributed by atoms with Gasteiger partial charge in [0.15, 0.2) is 0 Å². The fourth-order valence-corrected chi connectivity index (χ4v) is 6.70. The average Bonchev–Trinajstić information content (AvgIpc) is 2.90. The summed E-state index contributed by atoms with van der Waals surface area (Å²) >= 11 is 0. The molecule has 0 atom stereocenters. The van der Waals surface area contributed by atoms with Crippen molar-refractivity contribution < 1.29 is 13.2 Å². The topological polar surface area (TPSA) is 66.5 Å². The molecule has 0 spiro atoms. The molecule has 1 saturated carbocycles. The van der Waals surface area contributed by atoms with E-state index in [2.05, 4.69) is 24.4 Å². The molecule has 1 aliphatic rings. The Kier molecular flexibility index (Phi) is 8.83. The number of hydrogen-bond acceptors (Lipinski definition) is 3. The molecule has 0 aromatic heterocycles. The number of rotatable bonds is 9. The summed E-state index contributed by atoms with van der Waals surface area (Å²) in [6, 6.07) is 23.0. The van der Waals surface area contributed by atoms with Crippen molar-refractivity contribution in [2.45, 2.75) is 64.4 Å². The molecule has 1 aliphatic carbocycles. The maximum Gasteiger partial charge on any atom is 0.243 e. The van der Waals surface area contributed by atoms with Crippen molar-refractivity contribution in [1.29, 1.82) is 0 Å². The van der Waals surface area contributed by atoms with E-state index in [1.54, 1.807) is 28.6 Å². The Hall–Kier alpha value is -2.96. The zero-order valence-electron chi connectivity index (χ0n) is 22.1. The van der Waals surface area contributed by atoms with E-state index in [0.717, 1.165) is 47.9 Å². The van der Waals surface area contributed by atoms with Crippen molar-refractivity contribution in [1.82, 2.24) is 9.62 Å². The van der Waals surface area contributed by atoms with Crippen LogP contribution in [0.1, 0.15) is 53.5 Å². The monoisotopic (exact) mass is 518 g/mol. The lowest BCUT2D eigenvalue weighted by Gasteiger charge is -2.32. The van der Waals surface area contributed by atoms with Gasteiger partial charge in [-0.15, -0.1) is 0 Å². The van der Waals surface area contributed by atoms with Gasteiger partial charge in [0.25, 0.3) is 0 Å². The van der Waals surface area contributed by atoms with E-state index in [-0.39, 0.29) is 17.7 Å². The van der Waals surface area contributed by atoms with Gasteiger partial charge in [0.2, 0.25) is 15.9 Å². The van der Waals surface area contributed by atoms with Gasteiger partial charge in [0, 0.05) is 25.6 Å². The predicted molar refractivity (Wildman–Crippen MR) is 148 cm³/mol. The van der Waals surface area contributed by atoms with Crippen LogP contribution in [0.2, 0.25) is 0 Å². The van der Waals surface area contributed by atoms with Crippen LogP contribution in [0, 0.1) is 32.6 Å². The van der Waals surface area contributed by atoms with Gasteiger partial charge in [0.1, 0.15) is 0 Å². The van der Waals surface area contributed by atoms with E-state index in [1.165, 1.54) is 5.56 Å². The molecule has 1 amide bonds. The first-order valence-corrected chi connectivity index (χ1v) is 14.6. The molecule has 0 bridgehead atoms. The standard InChI is InChI=1S/C31H38N2O3S/c1-23-12-14-26(15-13-23)20-32-31(34)28-18-16-27(17-19-28)21-33(22-30-24(2)8-7-9-25(30)3)37(35,36)29-10-5-4-6-11-29/h4-15,27-28H,16-22H2,1-3H3,(H,32,34). The van der Waals surface area contributed by atoms with Gasteiger partial charge in [-0.25, -0.2) is 8.42 Å². The maximum absolute atomic E-state index is 13.7. The Morgan fingerprint density at radius 3 is 2.08 bits per heavy atom. The third kappa shape index (κ3) is 6.88. The molecule has 196 valence electrons. The lowest BCUT2D eigenvalue weighted by molar-refractivity contribution is -0.126. The smallest absolute Gasteiger partial charge is 0.243 e. The molecular weight excluding hydrogens is 480 g/mol. The quantitative estimate of drug-likeness (QED) is 0.382. The van der Waals surface area contributed by atoms with Crippen molar-refractivity contribution in [3.8, 4) is 0 Å². The lowest BCUT2D eigenvalue weighted by atomic mass is 9.81. The highest BCUT2D eigenvalue weighted by Gasteiger charge is 2.32. The Morgan fingerprint density at radius 2 is 1.46 bits per heavy atom. The second-order valence-electron chi connectivity index (χ2n) is 10.4. The molecule has 6 heteroatoms. The first-order chi connectivity index (χ1) is 17.7.